The van der Waals surface area contributed by atoms with Gasteiger partial charge in [0.15, 0.2) is 0 Å². The van der Waals surface area contributed by atoms with E-state index in [2.05, 4.69) is 33.8 Å². The largest absolute Gasteiger partial charge is 0.496 e. The Morgan fingerprint density at radius 3 is 2.39 bits per heavy atom. The fourth-order valence-corrected chi connectivity index (χ4v) is 2.67. The number of unbranched alkanes of at least 4 members (excludes halogenated alkanes) is 1. The van der Waals surface area contributed by atoms with Crippen LogP contribution in [0.2, 0.25) is 0 Å². The standard InChI is InChI=1S/C16H27NO/c1-11(8-6-7-9-17)15-10-12(2)16(18-5)14(4)13(15)3/h10-11H,6-9,17H2,1-5H3. The van der Waals surface area contributed by atoms with E-state index in [0.29, 0.717) is 5.92 Å². The highest BCUT2D eigenvalue weighted by molar-refractivity contribution is 5.49. The molecule has 1 atom stereocenters. The van der Waals surface area contributed by atoms with Crippen LogP contribution in [-0.4, -0.2) is 13.7 Å². The Kier molecular flexibility index (Phi) is 5.67. The lowest BCUT2D eigenvalue weighted by Crippen LogP contribution is -2.04. The lowest BCUT2D eigenvalue weighted by Gasteiger charge is -2.20. The van der Waals surface area contributed by atoms with Crippen molar-refractivity contribution in [2.45, 2.75) is 52.9 Å². The topological polar surface area (TPSA) is 35.2 Å². The Morgan fingerprint density at radius 2 is 1.83 bits per heavy atom. The van der Waals surface area contributed by atoms with E-state index in [9.17, 15) is 0 Å². The lowest BCUT2D eigenvalue weighted by atomic mass is 9.88. The van der Waals surface area contributed by atoms with Gasteiger partial charge in [-0.05, 0) is 68.3 Å². The van der Waals surface area contributed by atoms with Gasteiger partial charge in [-0.3, -0.25) is 0 Å². The summed E-state index contributed by atoms with van der Waals surface area (Å²) >= 11 is 0. The second-order valence-electron chi connectivity index (χ2n) is 5.25. The fourth-order valence-electron chi connectivity index (χ4n) is 2.67. The van der Waals surface area contributed by atoms with Gasteiger partial charge in [0.05, 0.1) is 7.11 Å². The predicted molar refractivity (Wildman–Crippen MR) is 78.5 cm³/mol. The number of rotatable bonds is 6. The molecule has 0 radical (unpaired) electrons. The van der Waals surface area contributed by atoms with Crippen molar-refractivity contribution in [2.75, 3.05) is 13.7 Å². The number of benzene rings is 1. The Morgan fingerprint density at radius 1 is 1.17 bits per heavy atom. The van der Waals surface area contributed by atoms with E-state index in [1.807, 2.05) is 0 Å². The van der Waals surface area contributed by atoms with Crippen molar-refractivity contribution in [2.24, 2.45) is 5.73 Å². The minimum absolute atomic E-state index is 0.597. The molecule has 0 fully saturated rings. The molecule has 0 aliphatic carbocycles. The number of aryl methyl sites for hydroxylation is 1. The van der Waals surface area contributed by atoms with E-state index < -0.39 is 0 Å². The summed E-state index contributed by atoms with van der Waals surface area (Å²) < 4.78 is 5.47. The third-order valence-electron chi connectivity index (χ3n) is 3.89. The van der Waals surface area contributed by atoms with E-state index >= 15 is 0 Å². The molecular weight excluding hydrogens is 222 g/mol. The molecule has 1 unspecified atom stereocenters. The normalized spacial score (nSPS) is 12.6. The van der Waals surface area contributed by atoms with Gasteiger partial charge in [0.25, 0.3) is 0 Å². The van der Waals surface area contributed by atoms with Crippen LogP contribution >= 0.6 is 0 Å². The smallest absolute Gasteiger partial charge is 0.124 e. The molecule has 18 heavy (non-hydrogen) atoms. The fraction of sp³-hybridized carbons (Fsp3) is 0.625. The van der Waals surface area contributed by atoms with Gasteiger partial charge in [-0.15, -0.1) is 0 Å². The maximum Gasteiger partial charge on any atom is 0.124 e. The van der Waals surface area contributed by atoms with Crippen molar-refractivity contribution < 1.29 is 4.74 Å². The van der Waals surface area contributed by atoms with Gasteiger partial charge < -0.3 is 10.5 Å². The van der Waals surface area contributed by atoms with Crippen molar-refractivity contribution in [3.05, 3.63) is 28.3 Å². The maximum absolute atomic E-state index is 5.55. The molecule has 2 heteroatoms. The Balaban J connectivity index is 2.96. The number of nitrogens with two attached hydrogens (primary N) is 1. The first kappa shape index (κ1) is 15.0. The monoisotopic (exact) mass is 249 g/mol. The molecule has 1 aromatic carbocycles. The molecule has 0 aliphatic heterocycles. The minimum Gasteiger partial charge on any atom is -0.496 e. The third kappa shape index (κ3) is 3.26. The molecule has 102 valence electrons. The van der Waals surface area contributed by atoms with Crippen LogP contribution in [0.4, 0.5) is 0 Å². The summed E-state index contributed by atoms with van der Waals surface area (Å²) in [6.45, 7) is 9.58. The van der Waals surface area contributed by atoms with E-state index in [-0.39, 0.29) is 0 Å². The van der Waals surface area contributed by atoms with Crippen LogP contribution in [-0.2, 0) is 0 Å². The lowest BCUT2D eigenvalue weighted by molar-refractivity contribution is 0.407. The molecule has 0 saturated carbocycles. The average Bonchev–Trinajstić information content (AvgIpc) is 2.34. The molecule has 0 spiro atoms. The molecular formula is C16H27NO. The van der Waals surface area contributed by atoms with E-state index in [4.69, 9.17) is 10.5 Å². The van der Waals surface area contributed by atoms with Gasteiger partial charge in [-0.1, -0.05) is 19.4 Å². The molecule has 2 nitrogen and oxygen atoms in total. The van der Waals surface area contributed by atoms with Crippen LogP contribution in [0.3, 0.4) is 0 Å². The quantitative estimate of drug-likeness (QED) is 0.777. The zero-order chi connectivity index (χ0) is 13.7. The van der Waals surface area contributed by atoms with Crippen molar-refractivity contribution in [3.8, 4) is 5.75 Å². The summed E-state index contributed by atoms with van der Waals surface area (Å²) in [7, 11) is 1.75. The van der Waals surface area contributed by atoms with E-state index in [1.54, 1.807) is 7.11 Å². The summed E-state index contributed by atoms with van der Waals surface area (Å²) in [5.41, 5.74) is 10.9. The van der Waals surface area contributed by atoms with E-state index in [1.165, 1.54) is 35.1 Å². The van der Waals surface area contributed by atoms with Gasteiger partial charge in [-0.2, -0.15) is 0 Å². The summed E-state index contributed by atoms with van der Waals surface area (Å²) in [5, 5.41) is 0. The summed E-state index contributed by atoms with van der Waals surface area (Å²) in [6.07, 6.45) is 3.54. The first-order valence-electron chi connectivity index (χ1n) is 6.87. The first-order chi connectivity index (χ1) is 8.52. The van der Waals surface area contributed by atoms with Crippen molar-refractivity contribution in [1.82, 2.24) is 0 Å². The van der Waals surface area contributed by atoms with Crippen LogP contribution in [0.5, 0.6) is 5.75 Å². The highest BCUT2D eigenvalue weighted by atomic mass is 16.5. The molecule has 0 bridgehead atoms. The molecule has 0 amide bonds. The molecule has 2 N–H and O–H groups in total. The van der Waals surface area contributed by atoms with Crippen molar-refractivity contribution >= 4 is 0 Å². The number of hydrogen-bond donors (Lipinski definition) is 1. The average molecular weight is 249 g/mol. The van der Waals surface area contributed by atoms with Crippen molar-refractivity contribution in [3.63, 3.8) is 0 Å². The predicted octanol–water partition coefficient (Wildman–Crippen LogP) is 3.85. The summed E-state index contributed by atoms with van der Waals surface area (Å²) in [5.74, 6) is 1.63. The Bertz CT molecular complexity index is 399. The zero-order valence-electron chi connectivity index (χ0n) is 12.5. The SMILES string of the molecule is COc1c(C)cc(C(C)CCCCN)c(C)c1C. The van der Waals surface area contributed by atoms with Gasteiger partial charge in [0, 0.05) is 0 Å². The number of hydrogen-bond acceptors (Lipinski definition) is 2. The Hall–Kier alpha value is -1.02. The molecule has 0 saturated heterocycles. The van der Waals surface area contributed by atoms with Crippen LogP contribution in [0.1, 0.15) is 54.4 Å². The third-order valence-corrected chi connectivity index (χ3v) is 3.89. The first-order valence-corrected chi connectivity index (χ1v) is 6.87. The minimum atomic E-state index is 0.597. The maximum atomic E-state index is 5.55. The molecule has 0 aliphatic rings. The number of methoxy groups -OCH3 is 1. The molecule has 0 aromatic heterocycles. The highest BCUT2D eigenvalue weighted by Gasteiger charge is 2.14. The second-order valence-corrected chi connectivity index (χ2v) is 5.25. The van der Waals surface area contributed by atoms with Crippen LogP contribution < -0.4 is 10.5 Å². The molecule has 0 heterocycles. The second kappa shape index (κ2) is 6.79. The van der Waals surface area contributed by atoms with Crippen LogP contribution in [0.15, 0.2) is 6.07 Å². The molecule has 1 rings (SSSR count). The van der Waals surface area contributed by atoms with E-state index in [0.717, 1.165) is 18.7 Å². The molecule has 1 aromatic rings. The van der Waals surface area contributed by atoms with Crippen LogP contribution in [0, 0.1) is 20.8 Å². The summed E-state index contributed by atoms with van der Waals surface area (Å²) in [4.78, 5) is 0. The van der Waals surface area contributed by atoms with Gasteiger partial charge >= 0.3 is 0 Å². The summed E-state index contributed by atoms with van der Waals surface area (Å²) in [6, 6.07) is 2.29. The van der Waals surface area contributed by atoms with Gasteiger partial charge in [0.2, 0.25) is 0 Å². The number of ether oxygens (including phenoxy) is 1. The Labute approximate surface area is 112 Å². The van der Waals surface area contributed by atoms with Gasteiger partial charge in [-0.25, -0.2) is 0 Å². The van der Waals surface area contributed by atoms with Gasteiger partial charge in [0.1, 0.15) is 5.75 Å². The van der Waals surface area contributed by atoms with Crippen LogP contribution in [0.25, 0.3) is 0 Å². The highest BCUT2D eigenvalue weighted by Crippen LogP contribution is 2.33. The zero-order valence-corrected chi connectivity index (χ0v) is 12.5. The van der Waals surface area contributed by atoms with Crippen molar-refractivity contribution in [1.29, 1.82) is 0 Å².